The van der Waals surface area contributed by atoms with Crippen molar-refractivity contribution in [2.24, 2.45) is 0 Å². The number of aliphatic hydroxyl groups is 1. The van der Waals surface area contributed by atoms with E-state index in [-0.39, 0.29) is 0 Å². The van der Waals surface area contributed by atoms with Crippen LogP contribution >= 0.6 is 0 Å². The lowest BCUT2D eigenvalue weighted by Crippen LogP contribution is -2.22. The first-order chi connectivity index (χ1) is 13.4. The molecule has 0 heterocycles. The largest absolute Gasteiger partial charge is 0.393 e. The van der Waals surface area contributed by atoms with Crippen LogP contribution < -0.4 is 0 Å². The Morgan fingerprint density at radius 2 is 1.00 bits per heavy atom. The van der Waals surface area contributed by atoms with Gasteiger partial charge < -0.3 is 5.11 Å². The van der Waals surface area contributed by atoms with Gasteiger partial charge in [-0.3, -0.25) is 4.55 Å². The van der Waals surface area contributed by atoms with Gasteiger partial charge >= 0.3 is 0 Å². The maximum absolute atomic E-state index is 11.6. The Balaban J connectivity index is 3.67. The predicted octanol–water partition coefficient (Wildman–Crippen LogP) is 7.06. The topological polar surface area (TPSA) is 74.6 Å². The Morgan fingerprint density at radius 1 is 0.571 bits per heavy atom. The number of hydrogen-bond acceptors (Lipinski definition) is 3. The average molecular weight is 421 g/mol. The second-order valence-electron chi connectivity index (χ2n) is 8.54. The standard InChI is InChI=1S/C23H48O4S/c1-3-5-7-8-9-10-11-12-13-14-15-16-17-19-23(28(25,26)27)21-20-22(24)18-6-4-2/h22-24H,3-21H2,1-2H3,(H,25,26,27). The summed E-state index contributed by atoms with van der Waals surface area (Å²) >= 11 is 0. The van der Waals surface area contributed by atoms with Crippen LogP contribution in [0.4, 0.5) is 0 Å². The molecule has 0 aliphatic carbocycles. The smallest absolute Gasteiger partial charge is 0.267 e. The van der Waals surface area contributed by atoms with Crippen molar-refractivity contribution in [3.8, 4) is 0 Å². The number of rotatable bonds is 21. The molecule has 0 bridgehead atoms. The molecule has 0 rings (SSSR count). The zero-order chi connectivity index (χ0) is 21.1. The lowest BCUT2D eigenvalue weighted by Gasteiger charge is -2.16. The summed E-state index contributed by atoms with van der Waals surface area (Å²) in [6, 6.07) is 0. The minimum Gasteiger partial charge on any atom is -0.393 e. The molecule has 0 saturated carbocycles. The molecule has 0 aromatic carbocycles. The highest BCUT2D eigenvalue weighted by molar-refractivity contribution is 7.86. The number of unbranched alkanes of at least 4 members (excludes halogenated alkanes) is 13. The average Bonchev–Trinajstić information content (AvgIpc) is 2.65. The highest BCUT2D eigenvalue weighted by Crippen LogP contribution is 2.19. The second-order valence-corrected chi connectivity index (χ2v) is 10.2. The molecule has 0 aromatic heterocycles. The Kier molecular flexibility index (Phi) is 18.8. The molecule has 170 valence electrons. The molecule has 2 atom stereocenters. The third kappa shape index (κ3) is 17.9. The Bertz CT molecular complexity index is 422. The number of aliphatic hydroxyl groups excluding tert-OH is 1. The van der Waals surface area contributed by atoms with E-state index < -0.39 is 21.5 Å². The molecule has 2 unspecified atom stereocenters. The molecule has 5 heteroatoms. The van der Waals surface area contributed by atoms with E-state index in [2.05, 4.69) is 13.8 Å². The monoisotopic (exact) mass is 420 g/mol. The molecular formula is C23H48O4S. The fraction of sp³-hybridized carbons (Fsp3) is 1.00. The first kappa shape index (κ1) is 27.9. The van der Waals surface area contributed by atoms with Gasteiger partial charge in [0.15, 0.2) is 0 Å². The summed E-state index contributed by atoms with van der Waals surface area (Å²) in [4.78, 5) is 0. The van der Waals surface area contributed by atoms with Crippen molar-refractivity contribution in [2.45, 2.75) is 147 Å². The quantitative estimate of drug-likeness (QED) is 0.154. The summed E-state index contributed by atoms with van der Waals surface area (Å²) < 4.78 is 32.6. The van der Waals surface area contributed by atoms with Gasteiger partial charge in [-0.05, 0) is 25.7 Å². The number of hydrogen-bond donors (Lipinski definition) is 2. The molecule has 28 heavy (non-hydrogen) atoms. The minimum absolute atomic E-state index is 0.363. The second kappa shape index (κ2) is 18.9. The van der Waals surface area contributed by atoms with Crippen LogP contribution in [-0.4, -0.2) is 29.4 Å². The molecule has 0 fully saturated rings. The lowest BCUT2D eigenvalue weighted by atomic mass is 10.0. The van der Waals surface area contributed by atoms with Crippen molar-refractivity contribution < 1.29 is 18.1 Å². The molecule has 0 spiro atoms. The van der Waals surface area contributed by atoms with Crippen molar-refractivity contribution >= 4 is 10.1 Å². The Labute approximate surface area is 175 Å². The van der Waals surface area contributed by atoms with Crippen molar-refractivity contribution in [1.82, 2.24) is 0 Å². The molecule has 0 saturated heterocycles. The van der Waals surface area contributed by atoms with Gasteiger partial charge in [-0.15, -0.1) is 0 Å². The highest BCUT2D eigenvalue weighted by Gasteiger charge is 2.23. The van der Waals surface area contributed by atoms with Gasteiger partial charge in [0.25, 0.3) is 10.1 Å². The summed E-state index contributed by atoms with van der Waals surface area (Å²) in [6.07, 6.45) is 20.0. The summed E-state index contributed by atoms with van der Waals surface area (Å²) in [6.45, 7) is 4.32. The highest BCUT2D eigenvalue weighted by atomic mass is 32.2. The van der Waals surface area contributed by atoms with Crippen LogP contribution in [0.25, 0.3) is 0 Å². The normalized spacial score (nSPS) is 14.3. The van der Waals surface area contributed by atoms with Gasteiger partial charge in [-0.2, -0.15) is 8.42 Å². The fourth-order valence-electron chi connectivity index (χ4n) is 3.79. The summed E-state index contributed by atoms with van der Waals surface area (Å²) in [5.41, 5.74) is 0. The van der Waals surface area contributed by atoms with Gasteiger partial charge in [-0.1, -0.05) is 110 Å². The van der Waals surface area contributed by atoms with E-state index in [0.717, 1.165) is 32.1 Å². The Morgan fingerprint density at radius 3 is 1.43 bits per heavy atom. The van der Waals surface area contributed by atoms with Gasteiger partial charge in [0.05, 0.1) is 11.4 Å². The first-order valence-electron chi connectivity index (χ1n) is 12.1. The van der Waals surface area contributed by atoms with Crippen LogP contribution in [-0.2, 0) is 10.1 Å². The third-order valence-electron chi connectivity index (χ3n) is 5.76. The van der Waals surface area contributed by atoms with Crippen molar-refractivity contribution in [3.63, 3.8) is 0 Å². The van der Waals surface area contributed by atoms with Crippen molar-refractivity contribution in [3.05, 3.63) is 0 Å². The van der Waals surface area contributed by atoms with Gasteiger partial charge in [0, 0.05) is 0 Å². The van der Waals surface area contributed by atoms with E-state index in [1.165, 1.54) is 64.2 Å². The molecule has 0 aliphatic rings. The summed E-state index contributed by atoms with van der Waals surface area (Å²) in [5.74, 6) is 0. The Hall–Kier alpha value is -0.130. The molecule has 0 aromatic rings. The summed E-state index contributed by atoms with van der Waals surface area (Å²) in [5, 5.41) is 9.19. The van der Waals surface area contributed by atoms with E-state index in [4.69, 9.17) is 0 Å². The van der Waals surface area contributed by atoms with Gasteiger partial charge in [0.1, 0.15) is 0 Å². The molecular weight excluding hydrogens is 372 g/mol. The maximum atomic E-state index is 11.6. The summed E-state index contributed by atoms with van der Waals surface area (Å²) in [7, 11) is -4.01. The van der Waals surface area contributed by atoms with Crippen LogP contribution in [0.3, 0.4) is 0 Å². The van der Waals surface area contributed by atoms with E-state index in [1.807, 2.05) is 0 Å². The molecule has 2 N–H and O–H groups in total. The van der Waals surface area contributed by atoms with Crippen LogP contribution in [0, 0.1) is 0 Å². The molecule has 0 aliphatic heterocycles. The van der Waals surface area contributed by atoms with Crippen molar-refractivity contribution in [1.29, 1.82) is 0 Å². The fourth-order valence-corrected chi connectivity index (χ4v) is 4.69. The zero-order valence-electron chi connectivity index (χ0n) is 18.7. The van der Waals surface area contributed by atoms with Gasteiger partial charge in [0.2, 0.25) is 0 Å². The van der Waals surface area contributed by atoms with E-state index in [0.29, 0.717) is 25.7 Å². The van der Waals surface area contributed by atoms with E-state index in [1.54, 1.807) is 0 Å². The molecule has 0 radical (unpaired) electrons. The van der Waals surface area contributed by atoms with Crippen molar-refractivity contribution in [2.75, 3.05) is 0 Å². The van der Waals surface area contributed by atoms with Crippen LogP contribution in [0.1, 0.15) is 136 Å². The zero-order valence-corrected chi connectivity index (χ0v) is 19.5. The minimum atomic E-state index is -4.01. The molecule has 0 amide bonds. The third-order valence-corrected chi connectivity index (χ3v) is 7.08. The van der Waals surface area contributed by atoms with E-state index >= 15 is 0 Å². The van der Waals surface area contributed by atoms with Crippen LogP contribution in [0.15, 0.2) is 0 Å². The van der Waals surface area contributed by atoms with Crippen LogP contribution in [0.2, 0.25) is 0 Å². The predicted molar refractivity (Wildman–Crippen MR) is 120 cm³/mol. The SMILES string of the molecule is CCCCCCCCCCCCCCCC(CCC(O)CCCC)S(=O)(=O)O. The van der Waals surface area contributed by atoms with Crippen LogP contribution in [0.5, 0.6) is 0 Å². The first-order valence-corrected chi connectivity index (χ1v) is 13.6. The van der Waals surface area contributed by atoms with E-state index in [9.17, 15) is 18.1 Å². The maximum Gasteiger partial charge on any atom is 0.267 e. The molecule has 4 nitrogen and oxygen atoms in total. The van der Waals surface area contributed by atoms with Gasteiger partial charge in [-0.25, -0.2) is 0 Å². The lowest BCUT2D eigenvalue weighted by molar-refractivity contribution is 0.148.